The van der Waals surface area contributed by atoms with Crippen molar-refractivity contribution in [1.29, 1.82) is 0 Å². The predicted molar refractivity (Wildman–Crippen MR) is 75.0 cm³/mol. The average Bonchev–Trinajstić information content (AvgIpc) is 2.43. The van der Waals surface area contributed by atoms with Crippen LogP contribution in [0.25, 0.3) is 0 Å². The number of amides is 1. The van der Waals surface area contributed by atoms with Crippen LogP contribution in [0.4, 0.5) is 4.79 Å². The van der Waals surface area contributed by atoms with E-state index in [1.54, 1.807) is 24.3 Å². The van der Waals surface area contributed by atoms with Gasteiger partial charge < -0.3 is 10.5 Å². The Bertz CT molecular complexity index is 531. The zero-order chi connectivity index (χ0) is 15.2. The van der Waals surface area contributed by atoms with Crippen molar-refractivity contribution in [1.82, 2.24) is 8.61 Å². The molecule has 0 saturated carbocycles. The number of nitrogens with two attached hydrogens (primary N) is 1. The van der Waals surface area contributed by atoms with Gasteiger partial charge in [0.1, 0.15) is 6.61 Å². The van der Waals surface area contributed by atoms with E-state index in [9.17, 15) is 13.2 Å². The highest BCUT2D eigenvalue weighted by Crippen LogP contribution is 2.08. The lowest BCUT2D eigenvalue weighted by Crippen LogP contribution is -2.46. The van der Waals surface area contributed by atoms with E-state index in [1.807, 2.05) is 6.07 Å². The van der Waals surface area contributed by atoms with Crippen molar-refractivity contribution in [2.24, 2.45) is 5.73 Å². The summed E-state index contributed by atoms with van der Waals surface area (Å²) in [7, 11) is -1.22. The van der Waals surface area contributed by atoms with E-state index in [2.05, 4.69) is 0 Å². The zero-order valence-corrected chi connectivity index (χ0v) is 12.3. The summed E-state index contributed by atoms with van der Waals surface area (Å²) in [6.45, 7) is -0.106. The van der Waals surface area contributed by atoms with Gasteiger partial charge in [0.15, 0.2) is 0 Å². The Labute approximate surface area is 119 Å². The second-order valence-electron chi connectivity index (χ2n) is 4.19. The Morgan fingerprint density at radius 3 is 2.35 bits per heavy atom. The zero-order valence-electron chi connectivity index (χ0n) is 11.5. The molecule has 20 heavy (non-hydrogen) atoms. The molecule has 0 unspecified atom stereocenters. The minimum Gasteiger partial charge on any atom is -0.444 e. The lowest BCUT2D eigenvalue weighted by atomic mass is 10.2. The topological polar surface area (TPSA) is 92.9 Å². The smallest absolute Gasteiger partial charge is 0.424 e. The molecule has 7 nitrogen and oxygen atoms in total. The highest BCUT2D eigenvalue weighted by molar-refractivity contribution is 7.87. The van der Waals surface area contributed by atoms with Crippen LogP contribution in [0.15, 0.2) is 30.3 Å². The molecule has 8 heteroatoms. The number of rotatable bonds is 6. The highest BCUT2D eigenvalue weighted by Gasteiger charge is 2.30. The largest absolute Gasteiger partial charge is 0.444 e. The Hall–Kier alpha value is -1.64. The van der Waals surface area contributed by atoms with Gasteiger partial charge in [-0.25, -0.2) is 4.79 Å². The third kappa shape index (κ3) is 4.19. The average molecular weight is 301 g/mol. The molecule has 0 heterocycles. The second kappa shape index (κ2) is 7.22. The van der Waals surface area contributed by atoms with Gasteiger partial charge in [-0.15, -0.1) is 0 Å². The van der Waals surface area contributed by atoms with Crippen LogP contribution in [-0.2, 0) is 21.6 Å². The maximum absolute atomic E-state index is 12.0. The Kier molecular flexibility index (Phi) is 5.93. The third-order valence-corrected chi connectivity index (χ3v) is 4.29. The summed E-state index contributed by atoms with van der Waals surface area (Å²) >= 11 is 0. The molecule has 2 N–H and O–H groups in total. The Morgan fingerprint density at radius 2 is 1.85 bits per heavy atom. The van der Waals surface area contributed by atoms with E-state index < -0.39 is 16.3 Å². The summed E-state index contributed by atoms with van der Waals surface area (Å²) in [5.41, 5.74) is 6.11. The molecule has 0 spiro atoms. The van der Waals surface area contributed by atoms with Gasteiger partial charge in [-0.3, -0.25) is 0 Å². The summed E-state index contributed by atoms with van der Waals surface area (Å²) < 4.78 is 30.5. The number of carbonyl (C=O) groups excluding carboxylic acids is 1. The van der Waals surface area contributed by atoms with Gasteiger partial charge in [0.2, 0.25) is 0 Å². The molecule has 0 aliphatic heterocycles. The normalized spacial score (nSPS) is 11.4. The van der Waals surface area contributed by atoms with Crippen LogP contribution in [0.3, 0.4) is 0 Å². The number of hydrogen-bond donors (Lipinski definition) is 1. The van der Waals surface area contributed by atoms with Gasteiger partial charge in [0.05, 0.1) is 6.54 Å². The van der Waals surface area contributed by atoms with Crippen molar-refractivity contribution >= 4 is 16.3 Å². The van der Waals surface area contributed by atoms with Crippen LogP contribution in [-0.4, -0.2) is 50.3 Å². The lowest BCUT2D eigenvalue weighted by Gasteiger charge is -2.24. The summed E-state index contributed by atoms with van der Waals surface area (Å²) in [4.78, 5) is 11.9. The molecule has 0 bridgehead atoms. The Morgan fingerprint density at radius 1 is 1.25 bits per heavy atom. The van der Waals surface area contributed by atoms with Crippen LogP contribution in [0.5, 0.6) is 0 Å². The molecule has 0 radical (unpaired) electrons. The molecule has 1 rings (SSSR count). The van der Waals surface area contributed by atoms with Gasteiger partial charge in [0, 0.05) is 20.6 Å². The van der Waals surface area contributed by atoms with Crippen LogP contribution >= 0.6 is 0 Å². The molecule has 1 amide bonds. The number of benzene rings is 1. The minimum absolute atomic E-state index is 0.00366. The molecule has 0 fully saturated rings. The first kappa shape index (κ1) is 16.4. The van der Waals surface area contributed by atoms with Gasteiger partial charge in [-0.2, -0.15) is 17.0 Å². The summed E-state index contributed by atoms with van der Waals surface area (Å²) in [5.74, 6) is 0. The molecule has 112 valence electrons. The Balaban J connectivity index is 2.75. The predicted octanol–water partition coefficient (Wildman–Crippen LogP) is 0.390. The molecular formula is C12H19N3O4S. The van der Waals surface area contributed by atoms with Gasteiger partial charge in [-0.05, 0) is 5.56 Å². The second-order valence-corrected chi connectivity index (χ2v) is 6.26. The quantitative estimate of drug-likeness (QED) is 0.820. The molecule has 1 aromatic rings. The van der Waals surface area contributed by atoms with Crippen molar-refractivity contribution in [3.63, 3.8) is 0 Å². The van der Waals surface area contributed by atoms with Gasteiger partial charge in [-0.1, -0.05) is 30.3 Å². The van der Waals surface area contributed by atoms with Crippen molar-refractivity contribution in [2.45, 2.75) is 6.61 Å². The molecule has 0 saturated heterocycles. The summed E-state index contributed by atoms with van der Waals surface area (Å²) in [6, 6.07) is 9.00. The molecule has 0 aliphatic rings. The number of nitrogens with zero attached hydrogens (tertiary/aromatic N) is 2. The number of hydrogen-bond acceptors (Lipinski definition) is 5. The van der Waals surface area contributed by atoms with Crippen molar-refractivity contribution in [2.75, 3.05) is 27.2 Å². The number of ether oxygens (including phenoxy) is 1. The summed E-state index contributed by atoms with van der Waals surface area (Å²) in [6.07, 6.45) is -0.937. The standard InChI is InChI=1S/C12H19N3O4S/c1-14(2)20(17,18)15(9-8-13)12(16)19-10-11-6-4-3-5-7-11/h3-7H,8-10,13H2,1-2H3. The maximum atomic E-state index is 12.0. The molecule has 1 aromatic carbocycles. The van der Waals surface area contributed by atoms with Crippen molar-refractivity contribution in [3.8, 4) is 0 Å². The third-order valence-electron chi connectivity index (χ3n) is 2.48. The van der Waals surface area contributed by atoms with E-state index in [0.717, 1.165) is 9.87 Å². The summed E-state index contributed by atoms with van der Waals surface area (Å²) in [5, 5.41) is 0. The SMILES string of the molecule is CN(C)S(=O)(=O)N(CCN)C(=O)OCc1ccccc1. The maximum Gasteiger partial charge on any atom is 0.424 e. The van der Waals surface area contributed by atoms with E-state index in [-0.39, 0.29) is 19.7 Å². The monoisotopic (exact) mass is 301 g/mol. The fourth-order valence-corrected chi connectivity index (χ4v) is 2.38. The van der Waals surface area contributed by atoms with E-state index in [4.69, 9.17) is 10.5 Å². The number of carbonyl (C=O) groups is 1. The first-order valence-corrected chi connectivity index (χ1v) is 7.40. The lowest BCUT2D eigenvalue weighted by molar-refractivity contribution is 0.118. The molecular weight excluding hydrogens is 282 g/mol. The molecule has 0 atom stereocenters. The van der Waals surface area contributed by atoms with Gasteiger partial charge in [0.25, 0.3) is 0 Å². The van der Waals surface area contributed by atoms with Crippen molar-refractivity contribution in [3.05, 3.63) is 35.9 Å². The van der Waals surface area contributed by atoms with E-state index >= 15 is 0 Å². The fourth-order valence-electron chi connectivity index (χ4n) is 1.41. The first-order valence-electron chi connectivity index (χ1n) is 6.00. The van der Waals surface area contributed by atoms with Gasteiger partial charge >= 0.3 is 16.3 Å². The minimum atomic E-state index is -3.89. The highest BCUT2D eigenvalue weighted by atomic mass is 32.2. The van der Waals surface area contributed by atoms with E-state index in [1.165, 1.54) is 14.1 Å². The first-order chi connectivity index (χ1) is 9.39. The van der Waals surface area contributed by atoms with Crippen LogP contribution < -0.4 is 5.73 Å². The van der Waals surface area contributed by atoms with Crippen molar-refractivity contribution < 1.29 is 17.9 Å². The molecule has 0 aliphatic carbocycles. The van der Waals surface area contributed by atoms with E-state index in [0.29, 0.717) is 4.31 Å². The van der Waals surface area contributed by atoms with Crippen LogP contribution in [0.2, 0.25) is 0 Å². The van der Waals surface area contributed by atoms with Crippen LogP contribution in [0, 0.1) is 0 Å². The fraction of sp³-hybridized carbons (Fsp3) is 0.417. The molecule has 0 aromatic heterocycles. The van der Waals surface area contributed by atoms with Crippen LogP contribution in [0.1, 0.15) is 5.56 Å².